The zero-order chi connectivity index (χ0) is 13.7. The highest BCUT2D eigenvalue weighted by Crippen LogP contribution is 2.29. The monoisotopic (exact) mass is 257 g/mol. The van der Waals surface area contributed by atoms with Crippen molar-refractivity contribution in [3.63, 3.8) is 0 Å². The van der Waals surface area contributed by atoms with Crippen LogP contribution in [0.25, 0.3) is 10.9 Å². The third-order valence-electron chi connectivity index (χ3n) is 2.81. The second-order valence-electron chi connectivity index (χ2n) is 4.07. The Bertz CT molecular complexity index is 623. The van der Waals surface area contributed by atoms with Gasteiger partial charge in [0.2, 0.25) is 0 Å². The molecule has 98 valence electrons. The van der Waals surface area contributed by atoms with Crippen LogP contribution in [0.2, 0.25) is 0 Å². The first kappa shape index (κ1) is 13.0. The molecule has 2 rings (SSSR count). The summed E-state index contributed by atoms with van der Waals surface area (Å²) >= 11 is 0. The molecule has 1 aromatic heterocycles. The topological polar surface area (TPSA) is 68.1 Å². The van der Waals surface area contributed by atoms with E-state index in [2.05, 4.69) is 16.4 Å². The normalized spacial score (nSPS) is 11.0. The van der Waals surface area contributed by atoms with E-state index in [4.69, 9.17) is 0 Å². The van der Waals surface area contributed by atoms with Crippen molar-refractivity contribution in [1.29, 1.82) is 0 Å². The summed E-state index contributed by atoms with van der Waals surface area (Å²) in [5.41, 5.74) is 1.55. The van der Waals surface area contributed by atoms with Gasteiger partial charge >= 0.3 is 0 Å². The summed E-state index contributed by atoms with van der Waals surface area (Å²) in [7, 11) is 0. The van der Waals surface area contributed by atoms with E-state index in [0.717, 1.165) is 18.7 Å². The average molecular weight is 257 g/mol. The number of nitrogens with zero attached hydrogens (tertiary/aromatic N) is 2. The van der Waals surface area contributed by atoms with E-state index < -0.39 is 0 Å². The molecule has 0 amide bonds. The summed E-state index contributed by atoms with van der Waals surface area (Å²) in [6.07, 6.45) is 6.60. The molecule has 0 spiro atoms. The standard InChI is InChI=1S/C14H15N3O2/c1-2-3-4-9-15-12-7-8-13(17(18)19)11-6-5-10-16-14(11)12/h2-3,5-8,10,15H,4,9H2,1H3/b3-2+. The van der Waals surface area contributed by atoms with E-state index in [-0.39, 0.29) is 10.6 Å². The number of nitro benzene ring substituents is 1. The van der Waals surface area contributed by atoms with Gasteiger partial charge in [0, 0.05) is 18.8 Å². The van der Waals surface area contributed by atoms with Gasteiger partial charge in [0.15, 0.2) is 0 Å². The first-order valence-corrected chi connectivity index (χ1v) is 6.11. The van der Waals surface area contributed by atoms with E-state index in [0.29, 0.717) is 10.9 Å². The maximum atomic E-state index is 11.0. The molecule has 2 aromatic rings. The minimum atomic E-state index is -0.381. The molecule has 0 unspecified atom stereocenters. The Balaban J connectivity index is 2.35. The summed E-state index contributed by atoms with van der Waals surface area (Å²) in [6.45, 7) is 2.75. The smallest absolute Gasteiger partial charge is 0.278 e. The molecular formula is C14H15N3O2. The predicted molar refractivity (Wildman–Crippen MR) is 76.3 cm³/mol. The number of hydrogen-bond donors (Lipinski definition) is 1. The Kier molecular flexibility index (Phi) is 4.07. The minimum absolute atomic E-state index is 0.0853. The highest BCUT2D eigenvalue weighted by Gasteiger charge is 2.14. The van der Waals surface area contributed by atoms with Crippen LogP contribution in [-0.4, -0.2) is 16.5 Å². The van der Waals surface area contributed by atoms with Crippen molar-refractivity contribution in [2.24, 2.45) is 0 Å². The Morgan fingerprint density at radius 1 is 1.42 bits per heavy atom. The number of allylic oxidation sites excluding steroid dienone is 1. The molecule has 1 N–H and O–H groups in total. The molecule has 0 radical (unpaired) electrons. The number of rotatable bonds is 5. The van der Waals surface area contributed by atoms with Crippen LogP contribution < -0.4 is 5.32 Å². The lowest BCUT2D eigenvalue weighted by molar-refractivity contribution is -0.383. The van der Waals surface area contributed by atoms with Crippen LogP contribution in [0.15, 0.2) is 42.6 Å². The molecule has 0 aliphatic carbocycles. The SMILES string of the molecule is C/C=C/CCNc1ccc([N+](=O)[O-])c2cccnc12. The highest BCUT2D eigenvalue weighted by atomic mass is 16.6. The lowest BCUT2D eigenvalue weighted by Crippen LogP contribution is -2.02. The van der Waals surface area contributed by atoms with E-state index in [1.54, 1.807) is 24.4 Å². The van der Waals surface area contributed by atoms with Crippen molar-refractivity contribution in [3.05, 3.63) is 52.7 Å². The number of anilines is 1. The van der Waals surface area contributed by atoms with Crippen LogP contribution in [0.5, 0.6) is 0 Å². The van der Waals surface area contributed by atoms with E-state index in [1.165, 1.54) is 6.07 Å². The number of benzene rings is 1. The average Bonchev–Trinajstić information content (AvgIpc) is 2.43. The van der Waals surface area contributed by atoms with Crippen LogP contribution >= 0.6 is 0 Å². The predicted octanol–water partition coefficient (Wildman–Crippen LogP) is 3.52. The molecule has 5 heteroatoms. The fourth-order valence-corrected chi connectivity index (χ4v) is 1.92. The molecule has 0 saturated heterocycles. The van der Waals surface area contributed by atoms with Gasteiger partial charge in [0.25, 0.3) is 5.69 Å². The van der Waals surface area contributed by atoms with Gasteiger partial charge in [-0.2, -0.15) is 0 Å². The second-order valence-corrected chi connectivity index (χ2v) is 4.07. The van der Waals surface area contributed by atoms with Crippen molar-refractivity contribution < 1.29 is 4.92 Å². The molecule has 0 fully saturated rings. The molecule has 0 saturated carbocycles. The molecule has 0 aliphatic heterocycles. The highest BCUT2D eigenvalue weighted by molar-refractivity contribution is 5.96. The van der Waals surface area contributed by atoms with Crippen molar-refractivity contribution >= 4 is 22.3 Å². The lowest BCUT2D eigenvalue weighted by Gasteiger charge is -2.08. The van der Waals surface area contributed by atoms with E-state index in [9.17, 15) is 10.1 Å². The van der Waals surface area contributed by atoms with Crippen LogP contribution in [0.3, 0.4) is 0 Å². The summed E-state index contributed by atoms with van der Waals surface area (Å²) in [6, 6.07) is 6.65. The van der Waals surface area contributed by atoms with Crippen LogP contribution in [0.1, 0.15) is 13.3 Å². The number of pyridine rings is 1. The zero-order valence-corrected chi connectivity index (χ0v) is 10.7. The Morgan fingerprint density at radius 3 is 3.00 bits per heavy atom. The van der Waals surface area contributed by atoms with E-state index in [1.807, 2.05) is 13.0 Å². The fourth-order valence-electron chi connectivity index (χ4n) is 1.92. The molecule has 19 heavy (non-hydrogen) atoms. The van der Waals surface area contributed by atoms with Gasteiger partial charge in [0.1, 0.15) is 5.52 Å². The summed E-state index contributed by atoms with van der Waals surface area (Å²) in [5.74, 6) is 0. The quantitative estimate of drug-likeness (QED) is 0.385. The maximum Gasteiger partial charge on any atom is 0.278 e. The number of nitrogens with one attached hydrogen (secondary N) is 1. The van der Waals surface area contributed by atoms with Gasteiger partial charge in [-0.1, -0.05) is 12.2 Å². The molecule has 5 nitrogen and oxygen atoms in total. The largest absolute Gasteiger partial charge is 0.383 e. The van der Waals surface area contributed by atoms with Gasteiger partial charge in [-0.15, -0.1) is 0 Å². The van der Waals surface area contributed by atoms with Gasteiger partial charge in [-0.05, 0) is 31.5 Å². The third kappa shape index (κ3) is 2.88. The van der Waals surface area contributed by atoms with Gasteiger partial charge in [-0.25, -0.2) is 0 Å². The number of fused-ring (bicyclic) bond motifs is 1. The minimum Gasteiger partial charge on any atom is -0.383 e. The first-order chi connectivity index (χ1) is 9.24. The van der Waals surface area contributed by atoms with Crippen molar-refractivity contribution in [3.8, 4) is 0 Å². The Labute approximate surface area is 111 Å². The summed E-state index contributed by atoms with van der Waals surface area (Å²) in [5, 5.41) is 14.8. The van der Waals surface area contributed by atoms with Crippen molar-refractivity contribution in [1.82, 2.24) is 4.98 Å². The summed E-state index contributed by atoms with van der Waals surface area (Å²) in [4.78, 5) is 14.8. The third-order valence-corrected chi connectivity index (χ3v) is 2.81. The fraction of sp³-hybridized carbons (Fsp3) is 0.214. The molecule has 0 bridgehead atoms. The van der Waals surface area contributed by atoms with Crippen molar-refractivity contribution in [2.75, 3.05) is 11.9 Å². The number of non-ortho nitro benzene ring substituents is 1. The molecule has 1 aromatic carbocycles. The molecule has 0 aliphatic rings. The number of nitro groups is 1. The molecular weight excluding hydrogens is 242 g/mol. The van der Waals surface area contributed by atoms with Gasteiger partial charge in [-0.3, -0.25) is 15.1 Å². The molecule has 0 atom stereocenters. The molecule has 1 heterocycles. The summed E-state index contributed by atoms with van der Waals surface area (Å²) < 4.78 is 0. The van der Waals surface area contributed by atoms with Crippen LogP contribution in [0.4, 0.5) is 11.4 Å². The van der Waals surface area contributed by atoms with Crippen molar-refractivity contribution in [2.45, 2.75) is 13.3 Å². The van der Waals surface area contributed by atoms with Crippen LogP contribution in [0, 0.1) is 10.1 Å². The number of aromatic nitrogens is 1. The zero-order valence-electron chi connectivity index (χ0n) is 10.7. The lowest BCUT2D eigenvalue weighted by atomic mass is 10.1. The first-order valence-electron chi connectivity index (χ1n) is 6.11. The maximum absolute atomic E-state index is 11.0. The van der Waals surface area contributed by atoms with Gasteiger partial charge < -0.3 is 5.32 Å². The van der Waals surface area contributed by atoms with E-state index >= 15 is 0 Å². The van der Waals surface area contributed by atoms with Gasteiger partial charge in [0.05, 0.1) is 16.0 Å². The second kappa shape index (κ2) is 5.95. The van der Waals surface area contributed by atoms with Crippen LogP contribution in [-0.2, 0) is 0 Å². The Morgan fingerprint density at radius 2 is 2.26 bits per heavy atom. The number of hydrogen-bond acceptors (Lipinski definition) is 4. The Hall–Kier alpha value is -2.43.